The van der Waals surface area contributed by atoms with Gasteiger partial charge in [0.2, 0.25) is 0 Å². The van der Waals surface area contributed by atoms with E-state index in [2.05, 4.69) is 6.58 Å². The van der Waals surface area contributed by atoms with Crippen molar-refractivity contribution in [3.8, 4) is 17.0 Å². The molecular formula is C28H25ClFNO4. The van der Waals surface area contributed by atoms with E-state index in [-0.39, 0.29) is 30.9 Å². The normalized spacial score (nSPS) is 13.5. The van der Waals surface area contributed by atoms with E-state index in [4.69, 9.17) is 30.8 Å². The van der Waals surface area contributed by atoms with Gasteiger partial charge in [-0.25, -0.2) is 9.37 Å². The minimum Gasteiger partial charge on any atom is -0.465 e. The zero-order chi connectivity index (χ0) is 24.8. The van der Waals surface area contributed by atoms with Crippen molar-refractivity contribution in [2.24, 2.45) is 0 Å². The van der Waals surface area contributed by atoms with Crippen molar-refractivity contribution in [1.29, 1.82) is 0 Å². The summed E-state index contributed by atoms with van der Waals surface area (Å²) in [6.45, 7) is 3.98. The Labute approximate surface area is 208 Å². The summed E-state index contributed by atoms with van der Waals surface area (Å²) in [7, 11) is 1.53. The summed E-state index contributed by atoms with van der Waals surface area (Å²) < 4.78 is 31.5. The molecule has 0 saturated carbocycles. The van der Waals surface area contributed by atoms with Crippen LogP contribution in [0.2, 0.25) is 5.02 Å². The van der Waals surface area contributed by atoms with Crippen molar-refractivity contribution in [2.45, 2.75) is 18.4 Å². The van der Waals surface area contributed by atoms with E-state index in [1.807, 2.05) is 42.5 Å². The summed E-state index contributed by atoms with van der Waals surface area (Å²) in [6, 6.07) is 14.6. The van der Waals surface area contributed by atoms with Gasteiger partial charge in [0.15, 0.2) is 6.79 Å². The lowest BCUT2D eigenvalue weighted by molar-refractivity contribution is -0.108. The number of ether oxygens (including phenoxy) is 3. The van der Waals surface area contributed by atoms with Crippen LogP contribution in [0.4, 0.5) is 4.39 Å². The SMILES string of the molecule is C=CCOCc1cc(C2C=C2)c(C(C=O)c2ccc(OCOC)c(-c3ccccc3)n2)c(Cl)c1F. The second kappa shape index (κ2) is 11.4. The van der Waals surface area contributed by atoms with Gasteiger partial charge in [-0.15, -0.1) is 6.58 Å². The Balaban J connectivity index is 1.80. The fraction of sp³-hybridized carbons (Fsp3) is 0.214. The smallest absolute Gasteiger partial charge is 0.188 e. The topological polar surface area (TPSA) is 57.7 Å². The van der Waals surface area contributed by atoms with Crippen molar-refractivity contribution in [3.05, 3.63) is 107 Å². The molecule has 0 N–H and O–H groups in total. The lowest BCUT2D eigenvalue weighted by atomic mass is 9.87. The average molecular weight is 494 g/mol. The molecule has 4 rings (SSSR count). The maximum atomic E-state index is 15.3. The van der Waals surface area contributed by atoms with Gasteiger partial charge in [-0.05, 0) is 29.3 Å². The minimum absolute atomic E-state index is 0.0263. The first-order chi connectivity index (χ1) is 17.1. The van der Waals surface area contributed by atoms with Crippen LogP contribution in [-0.2, 0) is 20.9 Å². The molecule has 2 aromatic carbocycles. The summed E-state index contributed by atoms with van der Waals surface area (Å²) in [6.07, 6.45) is 6.27. The van der Waals surface area contributed by atoms with Crippen molar-refractivity contribution in [2.75, 3.05) is 20.5 Å². The number of aldehydes is 1. The molecule has 0 amide bonds. The van der Waals surface area contributed by atoms with Gasteiger partial charge in [0.25, 0.3) is 0 Å². The lowest BCUT2D eigenvalue weighted by Crippen LogP contribution is -2.13. The third kappa shape index (κ3) is 5.51. The van der Waals surface area contributed by atoms with E-state index in [0.717, 1.165) is 17.4 Å². The summed E-state index contributed by atoms with van der Waals surface area (Å²) in [5, 5.41) is -0.103. The van der Waals surface area contributed by atoms with E-state index in [0.29, 0.717) is 28.3 Å². The number of hydrogen-bond acceptors (Lipinski definition) is 5. The molecule has 1 aliphatic carbocycles. The third-order valence-corrected chi connectivity index (χ3v) is 5.98. The Morgan fingerprint density at radius 2 is 1.97 bits per heavy atom. The molecule has 5 nitrogen and oxygen atoms in total. The van der Waals surface area contributed by atoms with Gasteiger partial charge >= 0.3 is 0 Å². The maximum absolute atomic E-state index is 15.3. The van der Waals surface area contributed by atoms with E-state index in [1.165, 1.54) is 7.11 Å². The zero-order valence-corrected chi connectivity index (χ0v) is 20.0. The number of carbonyl (C=O) groups is 1. The zero-order valence-electron chi connectivity index (χ0n) is 19.2. The highest BCUT2D eigenvalue weighted by atomic mass is 35.5. The van der Waals surface area contributed by atoms with Gasteiger partial charge in [-0.1, -0.05) is 60.2 Å². The standard InChI is InChI=1S/C28H25ClFNO4/c1-3-13-34-16-20-14-21(18-9-10-18)25(26(29)27(20)30)22(15-32)23-11-12-24(35-17-33-2)28(31-23)19-7-5-4-6-8-19/h3-12,14-15,18,22H,1,13,16-17H2,2H3. The molecule has 1 atom stereocenters. The third-order valence-electron chi connectivity index (χ3n) is 5.61. The van der Waals surface area contributed by atoms with Crippen molar-refractivity contribution >= 4 is 17.9 Å². The number of nitrogens with zero attached hydrogens (tertiary/aromatic N) is 1. The molecule has 0 fully saturated rings. The van der Waals surface area contributed by atoms with Gasteiger partial charge < -0.3 is 19.0 Å². The molecule has 7 heteroatoms. The van der Waals surface area contributed by atoms with Gasteiger partial charge in [0.05, 0.1) is 29.8 Å². The number of benzene rings is 2. The molecule has 1 heterocycles. The molecule has 3 aromatic rings. The molecule has 0 radical (unpaired) electrons. The number of carbonyl (C=O) groups excluding carboxylic acids is 1. The highest BCUT2D eigenvalue weighted by Crippen LogP contribution is 2.43. The summed E-state index contributed by atoms with van der Waals surface area (Å²) in [5.74, 6) is -1.01. The number of pyridine rings is 1. The van der Waals surface area contributed by atoms with E-state index in [1.54, 1.807) is 24.3 Å². The average Bonchev–Trinajstić information content (AvgIpc) is 3.73. The van der Waals surface area contributed by atoms with Crippen LogP contribution < -0.4 is 4.74 Å². The van der Waals surface area contributed by atoms with Crippen molar-refractivity contribution < 1.29 is 23.4 Å². The Morgan fingerprint density at radius 1 is 1.20 bits per heavy atom. The largest absolute Gasteiger partial charge is 0.465 e. The van der Waals surface area contributed by atoms with Crippen LogP contribution in [0.5, 0.6) is 5.75 Å². The molecule has 180 valence electrons. The van der Waals surface area contributed by atoms with E-state index < -0.39 is 11.7 Å². The minimum atomic E-state index is -0.878. The number of halogens is 2. The molecular weight excluding hydrogens is 469 g/mol. The second-order valence-corrected chi connectivity index (χ2v) is 8.37. The highest BCUT2D eigenvalue weighted by molar-refractivity contribution is 6.32. The number of rotatable bonds is 12. The summed E-state index contributed by atoms with van der Waals surface area (Å²) in [5.41, 5.74) is 3.27. The Morgan fingerprint density at radius 3 is 2.63 bits per heavy atom. The Kier molecular flexibility index (Phi) is 8.08. The monoisotopic (exact) mass is 493 g/mol. The van der Waals surface area contributed by atoms with Crippen LogP contribution >= 0.6 is 11.6 Å². The molecule has 0 aliphatic heterocycles. The van der Waals surface area contributed by atoms with Crippen LogP contribution in [-0.4, -0.2) is 31.8 Å². The van der Waals surface area contributed by atoms with Gasteiger partial charge in [-0.2, -0.15) is 0 Å². The van der Waals surface area contributed by atoms with Gasteiger partial charge in [0.1, 0.15) is 23.5 Å². The Bertz CT molecular complexity index is 1240. The fourth-order valence-corrected chi connectivity index (χ4v) is 4.24. The summed E-state index contributed by atoms with van der Waals surface area (Å²) in [4.78, 5) is 17.2. The van der Waals surface area contributed by atoms with Gasteiger partial charge in [-0.3, -0.25) is 0 Å². The van der Waals surface area contributed by atoms with Crippen LogP contribution in [0.25, 0.3) is 11.3 Å². The van der Waals surface area contributed by atoms with Crippen LogP contribution in [0.15, 0.2) is 73.3 Å². The number of hydrogen-bond donors (Lipinski definition) is 0. The second-order valence-electron chi connectivity index (χ2n) is 7.99. The highest BCUT2D eigenvalue weighted by Gasteiger charge is 2.30. The van der Waals surface area contributed by atoms with Crippen LogP contribution in [0.1, 0.15) is 34.2 Å². The number of methoxy groups -OCH3 is 1. The number of allylic oxidation sites excluding steroid dienone is 2. The Hall–Kier alpha value is -3.32. The predicted molar refractivity (Wildman–Crippen MR) is 133 cm³/mol. The first kappa shape index (κ1) is 24.8. The first-order valence-electron chi connectivity index (χ1n) is 11.1. The predicted octanol–water partition coefficient (Wildman–Crippen LogP) is 6.21. The first-order valence-corrected chi connectivity index (χ1v) is 11.5. The van der Waals surface area contributed by atoms with E-state index >= 15 is 4.39 Å². The molecule has 1 aliphatic rings. The van der Waals surface area contributed by atoms with Crippen LogP contribution in [0, 0.1) is 5.82 Å². The fourth-order valence-electron chi connectivity index (χ4n) is 3.89. The quantitative estimate of drug-likeness (QED) is 0.130. The molecule has 1 unspecified atom stereocenters. The lowest BCUT2D eigenvalue weighted by Gasteiger charge is -2.21. The molecule has 1 aromatic heterocycles. The van der Waals surface area contributed by atoms with Gasteiger partial charge in [0, 0.05) is 24.2 Å². The van der Waals surface area contributed by atoms with Crippen LogP contribution in [0.3, 0.4) is 0 Å². The molecule has 0 saturated heterocycles. The molecule has 0 bridgehead atoms. The number of aromatic nitrogens is 1. The van der Waals surface area contributed by atoms with Crippen molar-refractivity contribution in [1.82, 2.24) is 4.98 Å². The van der Waals surface area contributed by atoms with E-state index in [9.17, 15) is 4.79 Å². The summed E-state index contributed by atoms with van der Waals surface area (Å²) >= 11 is 6.56. The van der Waals surface area contributed by atoms with Crippen molar-refractivity contribution in [3.63, 3.8) is 0 Å². The molecule has 0 spiro atoms. The maximum Gasteiger partial charge on any atom is 0.188 e. The molecule has 35 heavy (non-hydrogen) atoms.